The van der Waals surface area contributed by atoms with Gasteiger partial charge in [0.1, 0.15) is 0 Å². The monoisotopic (exact) mass is 292 g/mol. The zero-order valence-electron chi connectivity index (χ0n) is 12.2. The highest BCUT2D eigenvalue weighted by Crippen LogP contribution is 2.26. The Morgan fingerprint density at radius 2 is 2.14 bits per heavy atom. The summed E-state index contributed by atoms with van der Waals surface area (Å²) in [5.74, 6) is 0. The number of hydrogen-bond acceptors (Lipinski definition) is 4. The van der Waals surface area contributed by atoms with Crippen LogP contribution in [0.25, 0.3) is 0 Å². The summed E-state index contributed by atoms with van der Waals surface area (Å²) in [5.41, 5.74) is 1.84. The Labute approximate surface area is 123 Å². The number of nitrogens with zero attached hydrogens (tertiary/aromatic N) is 2. The number of hydrogen-bond donors (Lipinski definition) is 0. The summed E-state index contributed by atoms with van der Waals surface area (Å²) in [4.78, 5) is 24.3. The molecule has 0 fully saturated rings. The van der Waals surface area contributed by atoms with Crippen LogP contribution in [-0.2, 0) is 17.6 Å². The van der Waals surface area contributed by atoms with E-state index in [2.05, 4.69) is 0 Å². The third-order valence-electron chi connectivity index (χ3n) is 3.71. The molecule has 0 radical (unpaired) electrons. The van der Waals surface area contributed by atoms with Gasteiger partial charge in [0, 0.05) is 24.7 Å². The van der Waals surface area contributed by atoms with Crippen molar-refractivity contribution in [1.29, 1.82) is 0 Å². The standard InChI is InChI=1S/C15H20N2O4/c1-2-3-11-21-15(18)16-9-7-12-5-4-6-14(17(19)20)13(12)8-10-16/h4-6H,2-3,7-11H2,1H3. The van der Waals surface area contributed by atoms with E-state index < -0.39 is 0 Å². The molecular weight excluding hydrogens is 272 g/mol. The molecule has 114 valence electrons. The number of carbonyl (C=O) groups excluding carboxylic acids is 1. The summed E-state index contributed by atoms with van der Waals surface area (Å²) in [7, 11) is 0. The molecule has 0 spiro atoms. The lowest BCUT2D eigenvalue weighted by atomic mass is 10.0. The van der Waals surface area contributed by atoms with E-state index in [0.717, 1.165) is 24.0 Å². The van der Waals surface area contributed by atoms with Gasteiger partial charge >= 0.3 is 6.09 Å². The van der Waals surface area contributed by atoms with Gasteiger partial charge in [-0.3, -0.25) is 10.1 Å². The minimum Gasteiger partial charge on any atom is -0.449 e. The van der Waals surface area contributed by atoms with Crippen LogP contribution in [0.2, 0.25) is 0 Å². The van der Waals surface area contributed by atoms with Crippen molar-refractivity contribution in [3.05, 3.63) is 39.4 Å². The van der Waals surface area contributed by atoms with Gasteiger partial charge in [0.2, 0.25) is 0 Å². The van der Waals surface area contributed by atoms with Crippen molar-refractivity contribution >= 4 is 11.8 Å². The number of nitro groups is 1. The smallest absolute Gasteiger partial charge is 0.409 e. The van der Waals surface area contributed by atoms with Crippen molar-refractivity contribution in [3.63, 3.8) is 0 Å². The van der Waals surface area contributed by atoms with Crippen LogP contribution in [0.1, 0.15) is 30.9 Å². The number of fused-ring (bicyclic) bond motifs is 1. The molecule has 1 aromatic rings. The van der Waals surface area contributed by atoms with Crippen LogP contribution in [-0.4, -0.2) is 35.6 Å². The first-order chi connectivity index (χ1) is 10.1. The summed E-state index contributed by atoms with van der Waals surface area (Å²) in [6.45, 7) is 3.47. The second kappa shape index (κ2) is 7.06. The van der Waals surface area contributed by atoms with Crippen LogP contribution in [0.4, 0.5) is 10.5 Å². The average Bonchev–Trinajstić information content (AvgIpc) is 2.69. The van der Waals surface area contributed by atoms with E-state index in [1.165, 1.54) is 6.07 Å². The van der Waals surface area contributed by atoms with Gasteiger partial charge in [-0.2, -0.15) is 0 Å². The van der Waals surface area contributed by atoms with E-state index in [0.29, 0.717) is 32.5 Å². The molecule has 0 aliphatic carbocycles. The van der Waals surface area contributed by atoms with Crippen LogP contribution < -0.4 is 0 Å². The van der Waals surface area contributed by atoms with Gasteiger partial charge in [-0.15, -0.1) is 0 Å². The number of carbonyl (C=O) groups is 1. The second-order valence-corrected chi connectivity index (χ2v) is 5.13. The summed E-state index contributed by atoms with van der Waals surface area (Å²) in [5, 5.41) is 11.1. The molecule has 0 saturated heterocycles. The van der Waals surface area contributed by atoms with Crippen molar-refractivity contribution in [2.24, 2.45) is 0 Å². The molecule has 1 amide bonds. The van der Waals surface area contributed by atoms with Crippen molar-refractivity contribution in [2.75, 3.05) is 19.7 Å². The third-order valence-corrected chi connectivity index (χ3v) is 3.71. The number of nitro benzene ring substituents is 1. The average molecular weight is 292 g/mol. The molecule has 0 N–H and O–H groups in total. The zero-order valence-corrected chi connectivity index (χ0v) is 12.2. The SMILES string of the molecule is CCCCOC(=O)N1CCc2cccc([N+](=O)[O-])c2CC1. The van der Waals surface area contributed by atoms with Crippen LogP contribution in [0.5, 0.6) is 0 Å². The number of ether oxygens (including phenoxy) is 1. The fraction of sp³-hybridized carbons (Fsp3) is 0.533. The number of rotatable bonds is 4. The molecule has 0 saturated carbocycles. The Bertz CT molecular complexity index is 530. The maximum absolute atomic E-state index is 12.0. The first-order valence-electron chi connectivity index (χ1n) is 7.30. The molecule has 0 bridgehead atoms. The molecule has 1 aliphatic heterocycles. The van der Waals surface area contributed by atoms with Crippen molar-refractivity contribution in [2.45, 2.75) is 32.6 Å². The second-order valence-electron chi connectivity index (χ2n) is 5.13. The molecule has 1 aromatic carbocycles. The number of amides is 1. The fourth-order valence-electron chi connectivity index (χ4n) is 2.51. The van der Waals surface area contributed by atoms with Gasteiger partial charge in [-0.05, 0) is 24.8 Å². The maximum atomic E-state index is 12.0. The molecule has 6 heteroatoms. The lowest BCUT2D eigenvalue weighted by Gasteiger charge is -2.19. The molecule has 1 aliphatic rings. The maximum Gasteiger partial charge on any atom is 0.409 e. The predicted octanol–water partition coefficient (Wildman–Crippen LogP) is 2.93. The van der Waals surface area contributed by atoms with Crippen LogP contribution in [0, 0.1) is 10.1 Å². The minimum absolute atomic E-state index is 0.147. The summed E-state index contributed by atoms with van der Waals surface area (Å²) < 4.78 is 5.21. The van der Waals surface area contributed by atoms with Crippen LogP contribution in [0.3, 0.4) is 0 Å². The topological polar surface area (TPSA) is 72.7 Å². The van der Waals surface area contributed by atoms with E-state index >= 15 is 0 Å². The lowest BCUT2D eigenvalue weighted by Crippen LogP contribution is -2.34. The molecule has 6 nitrogen and oxygen atoms in total. The van der Waals surface area contributed by atoms with Gasteiger partial charge in [-0.25, -0.2) is 4.79 Å². The fourth-order valence-corrected chi connectivity index (χ4v) is 2.51. The Morgan fingerprint density at radius 3 is 2.86 bits per heavy atom. The Kier molecular flexibility index (Phi) is 5.14. The normalized spacial score (nSPS) is 14.2. The Hall–Kier alpha value is -2.11. The first kappa shape index (κ1) is 15.3. The van der Waals surface area contributed by atoms with E-state index in [9.17, 15) is 14.9 Å². The molecule has 0 unspecified atom stereocenters. The van der Waals surface area contributed by atoms with Gasteiger partial charge in [0.15, 0.2) is 0 Å². The quantitative estimate of drug-likeness (QED) is 0.486. The number of unbranched alkanes of at least 4 members (excludes halogenated alkanes) is 1. The van der Waals surface area contributed by atoms with Crippen LogP contribution in [0.15, 0.2) is 18.2 Å². The Balaban J connectivity index is 2.05. The first-order valence-corrected chi connectivity index (χ1v) is 7.30. The lowest BCUT2D eigenvalue weighted by molar-refractivity contribution is -0.385. The van der Waals surface area contributed by atoms with Crippen molar-refractivity contribution in [1.82, 2.24) is 4.90 Å². The van der Waals surface area contributed by atoms with E-state index in [4.69, 9.17) is 4.74 Å². The Morgan fingerprint density at radius 1 is 1.38 bits per heavy atom. The highest BCUT2D eigenvalue weighted by atomic mass is 16.6. The molecule has 0 atom stereocenters. The van der Waals surface area contributed by atoms with Crippen molar-refractivity contribution in [3.8, 4) is 0 Å². The summed E-state index contributed by atoms with van der Waals surface area (Å²) in [6.07, 6.45) is 2.63. The molecule has 0 aromatic heterocycles. The molecule has 1 heterocycles. The minimum atomic E-state index is -0.353. The third kappa shape index (κ3) is 3.71. The summed E-state index contributed by atoms with van der Waals surface area (Å²) >= 11 is 0. The zero-order chi connectivity index (χ0) is 15.2. The number of benzene rings is 1. The largest absolute Gasteiger partial charge is 0.449 e. The van der Waals surface area contributed by atoms with Crippen LogP contribution >= 0.6 is 0 Å². The van der Waals surface area contributed by atoms with Gasteiger partial charge < -0.3 is 9.64 Å². The molecule has 2 rings (SSSR count). The van der Waals surface area contributed by atoms with Gasteiger partial charge in [0.25, 0.3) is 5.69 Å². The summed E-state index contributed by atoms with van der Waals surface area (Å²) in [6, 6.07) is 5.12. The predicted molar refractivity (Wildman–Crippen MR) is 78.3 cm³/mol. The van der Waals surface area contributed by atoms with E-state index in [-0.39, 0.29) is 16.7 Å². The van der Waals surface area contributed by atoms with Crippen molar-refractivity contribution < 1.29 is 14.5 Å². The highest BCUT2D eigenvalue weighted by Gasteiger charge is 2.24. The van der Waals surface area contributed by atoms with E-state index in [1.807, 2.05) is 13.0 Å². The van der Waals surface area contributed by atoms with Gasteiger partial charge in [0.05, 0.1) is 11.5 Å². The van der Waals surface area contributed by atoms with Gasteiger partial charge in [-0.1, -0.05) is 25.5 Å². The highest BCUT2D eigenvalue weighted by molar-refractivity contribution is 5.68. The molecular formula is C15H20N2O4. The van der Waals surface area contributed by atoms with E-state index in [1.54, 1.807) is 11.0 Å². The molecule has 21 heavy (non-hydrogen) atoms.